The standard InChI is InChI=1S/C21H20ClN3OS/c22-17-8-2-1-7-16(17)21-23-15(14-27-21)13-20(26)24-18-9-3-4-10-19(18)25-11-5-6-12-25/h1-4,7-10,14H,5-6,11-13H2,(H,24,26). The third-order valence-electron chi connectivity index (χ3n) is 4.62. The van der Waals surface area contributed by atoms with Gasteiger partial charge < -0.3 is 10.2 Å². The lowest BCUT2D eigenvalue weighted by atomic mass is 10.2. The van der Waals surface area contributed by atoms with Crippen molar-refractivity contribution in [2.75, 3.05) is 23.3 Å². The Kier molecular flexibility index (Phi) is 5.41. The molecule has 1 saturated heterocycles. The zero-order valence-corrected chi connectivity index (χ0v) is 16.4. The Morgan fingerprint density at radius 3 is 2.67 bits per heavy atom. The number of rotatable bonds is 5. The zero-order valence-electron chi connectivity index (χ0n) is 14.8. The highest BCUT2D eigenvalue weighted by Gasteiger charge is 2.17. The number of anilines is 2. The largest absolute Gasteiger partial charge is 0.370 e. The number of thiazole rings is 1. The van der Waals surface area contributed by atoms with Crippen LogP contribution in [0, 0.1) is 0 Å². The van der Waals surface area contributed by atoms with E-state index >= 15 is 0 Å². The number of aromatic nitrogens is 1. The van der Waals surface area contributed by atoms with Gasteiger partial charge in [-0.2, -0.15) is 0 Å². The van der Waals surface area contributed by atoms with Crippen LogP contribution in [-0.4, -0.2) is 24.0 Å². The summed E-state index contributed by atoms with van der Waals surface area (Å²) < 4.78 is 0. The summed E-state index contributed by atoms with van der Waals surface area (Å²) in [6.07, 6.45) is 2.65. The van der Waals surface area contributed by atoms with Gasteiger partial charge in [-0.3, -0.25) is 4.79 Å². The molecule has 1 aliphatic rings. The number of para-hydroxylation sites is 2. The van der Waals surface area contributed by atoms with Crippen LogP contribution in [0.5, 0.6) is 0 Å². The number of nitrogens with one attached hydrogen (secondary N) is 1. The fourth-order valence-electron chi connectivity index (χ4n) is 3.32. The lowest BCUT2D eigenvalue weighted by Crippen LogP contribution is -2.21. The molecule has 2 aromatic carbocycles. The van der Waals surface area contributed by atoms with Gasteiger partial charge in [-0.15, -0.1) is 11.3 Å². The molecule has 0 saturated carbocycles. The summed E-state index contributed by atoms with van der Waals surface area (Å²) in [6.45, 7) is 2.08. The highest BCUT2D eigenvalue weighted by molar-refractivity contribution is 7.13. The molecular formula is C21H20ClN3OS. The maximum atomic E-state index is 12.6. The van der Waals surface area contributed by atoms with E-state index in [1.165, 1.54) is 24.2 Å². The van der Waals surface area contributed by atoms with Gasteiger partial charge in [-0.25, -0.2) is 4.98 Å². The Balaban J connectivity index is 1.46. The molecule has 1 amide bonds. The molecule has 0 radical (unpaired) electrons. The quantitative estimate of drug-likeness (QED) is 0.639. The summed E-state index contributed by atoms with van der Waals surface area (Å²) in [5.74, 6) is -0.0577. The molecule has 0 unspecified atom stereocenters. The summed E-state index contributed by atoms with van der Waals surface area (Å²) >= 11 is 7.75. The van der Waals surface area contributed by atoms with Crippen molar-refractivity contribution >= 4 is 40.2 Å². The monoisotopic (exact) mass is 397 g/mol. The van der Waals surface area contributed by atoms with Crippen LogP contribution in [0.4, 0.5) is 11.4 Å². The average molecular weight is 398 g/mol. The maximum Gasteiger partial charge on any atom is 0.230 e. The average Bonchev–Trinajstić information content (AvgIpc) is 3.35. The van der Waals surface area contributed by atoms with Crippen LogP contribution < -0.4 is 10.2 Å². The third kappa shape index (κ3) is 4.15. The van der Waals surface area contributed by atoms with E-state index in [0.717, 1.165) is 40.7 Å². The highest BCUT2D eigenvalue weighted by Crippen LogP contribution is 2.31. The Morgan fingerprint density at radius 1 is 1.11 bits per heavy atom. The fourth-order valence-corrected chi connectivity index (χ4v) is 4.46. The first kappa shape index (κ1) is 18.0. The molecule has 0 spiro atoms. The molecule has 2 heterocycles. The van der Waals surface area contributed by atoms with Gasteiger partial charge in [0.2, 0.25) is 5.91 Å². The zero-order chi connectivity index (χ0) is 18.6. The SMILES string of the molecule is O=C(Cc1csc(-c2ccccc2Cl)n1)Nc1ccccc1N1CCCC1. The van der Waals surface area contributed by atoms with Crippen LogP contribution in [0.1, 0.15) is 18.5 Å². The van der Waals surface area contributed by atoms with E-state index in [0.29, 0.717) is 5.02 Å². The predicted molar refractivity (Wildman–Crippen MR) is 113 cm³/mol. The molecule has 4 nitrogen and oxygen atoms in total. The number of halogens is 1. The van der Waals surface area contributed by atoms with Crippen LogP contribution >= 0.6 is 22.9 Å². The molecule has 1 fully saturated rings. The van der Waals surface area contributed by atoms with E-state index in [9.17, 15) is 4.79 Å². The minimum Gasteiger partial charge on any atom is -0.370 e. The molecular weight excluding hydrogens is 378 g/mol. The van der Waals surface area contributed by atoms with Crippen molar-refractivity contribution in [1.82, 2.24) is 4.98 Å². The number of benzene rings is 2. The Morgan fingerprint density at radius 2 is 1.85 bits per heavy atom. The van der Waals surface area contributed by atoms with Gasteiger partial charge in [-0.1, -0.05) is 41.9 Å². The highest BCUT2D eigenvalue weighted by atomic mass is 35.5. The lowest BCUT2D eigenvalue weighted by molar-refractivity contribution is -0.115. The molecule has 6 heteroatoms. The van der Waals surface area contributed by atoms with Gasteiger partial charge in [0.1, 0.15) is 5.01 Å². The van der Waals surface area contributed by atoms with Gasteiger partial charge in [0, 0.05) is 24.0 Å². The molecule has 1 N–H and O–H groups in total. The van der Waals surface area contributed by atoms with E-state index in [-0.39, 0.29) is 12.3 Å². The smallest absolute Gasteiger partial charge is 0.230 e. The van der Waals surface area contributed by atoms with E-state index in [1.807, 2.05) is 47.8 Å². The number of amides is 1. The second-order valence-electron chi connectivity index (χ2n) is 6.56. The second kappa shape index (κ2) is 8.11. The first-order chi connectivity index (χ1) is 13.2. The Labute approximate surface area is 167 Å². The van der Waals surface area contributed by atoms with Crippen molar-refractivity contribution in [1.29, 1.82) is 0 Å². The van der Waals surface area contributed by atoms with E-state index in [2.05, 4.69) is 21.3 Å². The first-order valence-electron chi connectivity index (χ1n) is 9.04. The third-order valence-corrected chi connectivity index (χ3v) is 5.88. The van der Waals surface area contributed by atoms with Crippen LogP contribution in [-0.2, 0) is 11.2 Å². The first-order valence-corrected chi connectivity index (χ1v) is 10.3. The van der Waals surface area contributed by atoms with E-state index in [4.69, 9.17) is 11.6 Å². The van der Waals surface area contributed by atoms with Crippen molar-refractivity contribution in [3.05, 3.63) is 64.6 Å². The van der Waals surface area contributed by atoms with Gasteiger partial charge >= 0.3 is 0 Å². The molecule has 1 aliphatic heterocycles. The molecule has 0 atom stereocenters. The summed E-state index contributed by atoms with van der Waals surface area (Å²) in [6, 6.07) is 15.6. The van der Waals surface area contributed by atoms with Crippen LogP contribution in [0.3, 0.4) is 0 Å². The number of hydrogen-bond donors (Lipinski definition) is 1. The molecule has 1 aromatic heterocycles. The van der Waals surface area contributed by atoms with E-state index in [1.54, 1.807) is 0 Å². The van der Waals surface area contributed by atoms with Crippen molar-refractivity contribution in [2.24, 2.45) is 0 Å². The Bertz CT molecular complexity index is 950. The molecule has 0 bridgehead atoms. The molecule has 3 aromatic rings. The lowest BCUT2D eigenvalue weighted by Gasteiger charge is -2.21. The van der Waals surface area contributed by atoms with Crippen molar-refractivity contribution in [3.63, 3.8) is 0 Å². The summed E-state index contributed by atoms with van der Waals surface area (Å²) in [7, 11) is 0. The predicted octanol–water partition coefficient (Wildman–Crippen LogP) is 5.24. The topological polar surface area (TPSA) is 45.2 Å². The number of carbonyl (C=O) groups excluding carboxylic acids is 1. The molecule has 0 aliphatic carbocycles. The number of hydrogen-bond acceptors (Lipinski definition) is 4. The molecule has 27 heavy (non-hydrogen) atoms. The van der Waals surface area contributed by atoms with Crippen LogP contribution in [0.15, 0.2) is 53.9 Å². The van der Waals surface area contributed by atoms with Gasteiger partial charge in [-0.05, 0) is 31.0 Å². The van der Waals surface area contributed by atoms with E-state index < -0.39 is 0 Å². The van der Waals surface area contributed by atoms with Gasteiger partial charge in [0.05, 0.1) is 28.5 Å². The fraction of sp³-hybridized carbons (Fsp3) is 0.238. The Hall–Kier alpha value is -2.37. The van der Waals surface area contributed by atoms with Gasteiger partial charge in [0.25, 0.3) is 0 Å². The number of carbonyl (C=O) groups is 1. The van der Waals surface area contributed by atoms with Crippen LogP contribution in [0.2, 0.25) is 5.02 Å². The van der Waals surface area contributed by atoms with Crippen molar-refractivity contribution in [3.8, 4) is 10.6 Å². The second-order valence-corrected chi connectivity index (χ2v) is 7.83. The number of nitrogens with zero attached hydrogens (tertiary/aromatic N) is 2. The summed E-state index contributed by atoms with van der Waals surface area (Å²) in [4.78, 5) is 19.5. The summed E-state index contributed by atoms with van der Waals surface area (Å²) in [5, 5.41) is 6.48. The molecule has 4 rings (SSSR count). The van der Waals surface area contributed by atoms with Crippen molar-refractivity contribution in [2.45, 2.75) is 19.3 Å². The van der Waals surface area contributed by atoms with Crippen molar-refractivity contribution < 1.29 is 4.79 Å². The van der Waals surface area contributed by atoms with Gasteiger partial charge in [0.15, 0.2) is 0 Å². The normalized spacial score (nSPS) is 13.7. The van der Waals surface area contributed by atoms with Crippen LogP contribution in [0.25, 0.3) is 10.6 Å². The summed E-state index contributed by atoms with van der Waals surface area (Å²) in [5.41, 5.74) is 3.62. The maximum absolute atomic E-state index is 12.6. The minimum absolute atomic E-state index is 0.0577. The minimum atomic E-state index is -0.0577. The molecule has 138 valence electrons.